The van der Waals surface area contributed by atoms with E-state index in [9.17, 15) is 23.5 Å². The number of carbonyl (C=O) groups excluding carboxylic acids is 2. The van der Waals surface area contributed by atoms with Gasteiger partial charge in [0.15, 0.2) is 5.78 Å². The molecule has 2 N–H and O–H groups in total. The quantitative estimate of drug-likeness (QED) is 0.756. The molecule has 2 unspecified atom stereocenters. The third kappa shape index (κ3) is 5.46. The summed E-state index contributed by atoms with van der Waals surface area (Å²) in [6.45, 7) is 1.62. The third-order valence-electron chi connectivity index (χ3n) is 3.82. The van der Waals surface area contributed by atoms with Crippen LogP contribution in [0.3, 0.4) is 0 Å². The molecular weight excluding hydrogens is 328 g/mol. The van der Waals surface area contributed by atoms with Crippen molar-refractivity contribution in [1.82, 2.24) is 5.32 Å². The number of hydrogen-bond donors (Lipinski definition) is 2. The molecule has 0 aromatic heterocycles. The topological polar surface area (TPSA) is 66.4 Å². The zero-order chi connectivity index (χ0) is 18.4. The Morgan fingerprint density at radius 3 is 2.04 bits per heavy atom. The van der Waals surface area contributed by atoms with Gasteiger partial charge in [0.25, 0.3) is 0 Å². The van der Waals surface area contributed by atoms with Crippen LogP contribution in [0.2, 0.25) is 0 Å². The van der Waals surface area contributed by atoms with Gasteiger partial charge in [-0.25, -0.2) is 8.78 Å². The number of ketones is 1. The summed E-state index contributed by atoms with van der Waals surface area (Å²) in [5.41, 5.74) is 0.824. The van der Waals surface area contributed by atoms with Crippen LogP contribution in [-0.2, 0) is 4.79 Å². The molecule has 25 heavy (non-hydrogen) atoms. The molecule has 132 valence electrons. The fourth-order valence-corrected chi connectivity index (χ4v) is 2.36. The maximum atomic E-state index is 12.9. The normalized spacial score (nSPS) is 13.1. The Hall–Kier alpha value is -2.60. The highest BCUT2D eigenvalue weighted by atomic mass is 19.1. The Labute approximate surface area is 144 Å². The molecule has 0 saturated carbocycles. The minimum absolute atomic E-state index is 0.0170. The van der Waals surface area contributed by atoms with E-state index in [1.54, 1.807) is 6.92 Å². The Bertz CT molecular complexity index is 729. The standard InChI is InChI=1S/C19H19F2NO3/c1-12(19(25)14-4-8-16(21)9-5-14)22-18(24)11-10-17(23)13-2-6-15(20)7-3-13/h2-9,12,19,25H,10-11H2,1H3,(H,22,24). The van der Waals surface area contributed by atoms with Crippen LogP contribution in [0.5, 0.6) is 0 Å². The number of rotatable bonds is 7. The predicted molar refractivity (Wildman–Crippen MR) is 88.9 cm³/mol. The molecule has 0 heterocycles. The summed E-state index contributed by atoms with van der Waals surface area (Å²) >= 11 is 0. The average Bonchev–Trinajstić information content (AvgIpc) is 2.60. The van der Waals surface area contributed by atoms with Crippen molar-refractivity contribution >= 4 is 11.7 Å². The van der Waals surface area contributed by atoms with E-state index < -0.39 is 23.8 Å². The van der Waals surface area contributed by atoms with Gasteiger partial charge in [0.05, 0.1) is 12.1 Å². The number of nitrogens with one attached hydrogen (secondary N) is 1. The second-order valence-electron chi connectivity index (χ2n) is 5.78. The summed E-state index contributed by atoms with van der Waals surface area (Å²) in [4.78, 5) is 23.9. The summed E-state index contributed by atoms with van der Waals surface area (Å²) in [7, 11) is 0. The van der Waals surface area contributed by atoms with E-state index in [4.69, 9.17) is 0 Å². The molecule has 2 rings (SSSR count). The van der Waals surface area contributed by atoms with Gasteiger partial charge >= 0.3 is 0 Å². The lowest BCUT2D eigenvalue weighted by Gasteiger charge is -2.20. The van der Waals surface area contributed by atoms with E-state index in [1.807, 2.05) is 0 Å². The molecule has 2 aromatic carbocycles. The summed E-state index contributed by atoms with van der Waals surface area (Å²) in [5.74, 6) is -1.49. The average molecular weight is 347 g/mol. The van der Waals surface area contributed by atoms with Gasteiger partial charge in [0.2, 0.25) is 5.91 Å². The number of carbonyl (C=O) groups is 2. The highest BCUT2D eigenvalue weighted by Crippen LogP contribution is 2.17. The van der Waals surface area contributed by atoms with Gasteiger partial charge in [-0.05, 0) is 48.9 Å². The maximum absolute atomic E-state index is 12.9. The number of amides is 1. The van der Waals surface area contributed by atoms with Crippen molar-refractivity contribution in [2.75, 3.05) is 0 Å². The molecule has 0 bridgehead atoms. The Balaban J connectivity index is 1.83. The summed E-state index contributed by atoms with van der Waals surface area (Å²) in [6, 6.07) is 9.87. The molecule has 0 saturated heterocycles. The van der Waals surface area contributed by atoms with Crippen molar-refractivity contribution in [2.24, 2.45) is 0 Å². The first-order chi connectivity index (χ1) is 11.9. The summed E-state index contributed by atoms with van der Waals surface area (Å²) in [6.07, 6.45) is -1.05. The van der Waals surface area contributed by atoms with E-state index in [-0.39, 0.29) is 24.5 Å². The van der Waals surface area contributed by atoms with E-state index in [0.717, 1.165) is 0 Å². The Morgan fingerprint density at radius 2 is 1.48 bits per heavy atom. The smallest absolute Gasteiger partial charge is 0.220 e. The van der Waals surface area contributed by atoms with Gasteiger partial charge < -0.3 is 10.4 Å². The Kier molecular flexibility index (Phi) is 6.36. The molecule has 2 atom stereocenters. The van der Waals surface area contributed by atoms with Crippen LogP contribution in [0.25, 0.3) is 0 Å². The monoisotopic (exact) mass is 347 g/mol. The van der Waals surface area contributed by atoms with Crippen molar-refractivity contribution in [1.29, 1.82) is 0 Å². The van der Waals surface area contributed by atoms with E-state index in [1.165, 1.54) is 48.5 Å². The fourth-order valence-electron chi connectivity index (χ4n) is 2.36. The lowest BCUT2D eigenvalue weighted by Crippen LogP contribution is -2.37. The molecule has 4 nitrogen and oxygen atoms in total. The zero-order valence-electron chi connectivity index (χ0n) is 13.7. The van der Waals surface area contributed by atoms with E-state index >= 15 is 0 Å². The maximum Gasteiger partial charge on any atom is 0.220 e. The molecule has 1 amide bonds. The van der Waals surface area contributed by atoms with Crippen molar-refractivity contribution < 1.29 is 23.5 Å². The summed E-state index contributed by atoms with van der Waals surface area (Å²) in [5, 5.41) is 12.8. The second kappa shape index (κ2) is 8.48. The SMILES string of the molecule is CC(NC(=O)CCC(=O)c1ccc(F)cc1)C(O)c1ccc(F)cc1. The van der Waals surface area contributed by atoms with Crippen molar-refractivity contribution in [3.63, 3.8) is 0 Å². The van der Waals surface area contributed by atoms with Crippen molar-refractivity contribution in [2.45, 2.75) is 31.9 Å². The summed E-state index contributed by atoms with van der Waals surface area (Å²) < 4.78 is 25.7. The van der Waals surface area contributed by atoms with Crippen LogP contribution in [0.15, 0.2) is 48.5 Å². The predicted octanol–water partition coefficient (Wildman–Crippen LogP) is 3.17. The minimum atomic E-state index is -0.989. The van der Waals surface area contributed by atoms with Crippen LogP contribution in [-0.4, -0.2) is 22.8 Å². The van der Waals surface area contributed by atoms with Gasteiger partial charge in [-0.1, -0.05) is 12.1 Å². The largest absolute Gasteiger partial charge is 0.386 e. The highest BCUT2D eigenvalue weighted by molar-refractivity contribution is 5.97. The zero-order valence-corrected chi connectivity index (χ0v) is 13.7. The fraction of sp³-hybridized carbons (Fsp3) is 0.263. The van der Waals surface area contributed by atoms with Crippen LogP contribution in [0.4, 0.5) is 8.78 Å². The number of hydrogen-bond acceptors (Lipinski definition) is 3. The molecule has 2 aromatic rings. The molecule has 0 radical (unpaired) electrons. The molecule has 6 heteroatoms. The van der Waals surface area contributed by atoms with Crippen molar-refractivity contribution in [3.05, 3.63) is 71.3 Å². The van der Waals surface area contributed by atoms with Crippen molar-refractivity contribution in [3.8, 4) is 0 Å². The van der Waals surface area contributed by atoms with Crippen LogP contribution >= 0.6 is 0 Å². The van der Waals surface area contributed by atoms with Gasteiger partial charge in [0.1, 0.15) is 11.6 Å². The number of aliphatic hydroxyl groups excluding tert-OH is 1. The molecule has 0 fully saturated rings. The first kappa shape index (κ1) is 18.7. The molecule has 0 spiro atoms. The lowest BCUT2D eigenvalue weighted by molar-refractivity contribution is -0.122. The number of halogens is 2. The van der Waals surface area contributed by atoms with Gasteiger partial charge in [-0.3, -0.25) is 9.59 Å². The van der Waals surface area contributed by atoms with Crippen LogP contribution in [0.1, 0.15) is 41.8 Å². The lowest BCUT2D eigenvalue weighted by atomic mass is 10.0. The van der Waals surface area contributed by atoms with Gasteiger partial charge in [-0.2, -0.15) is 0 Å². The third-order valence-corrected chi connectivity index (χ3v) is 3.82. The minimum Gasteiger partial charge on any atom is -0.386 e. The first-order valence-corrected chi connectivity index (χ1v) is 7.88. The first-order valence-electron chi connectivity index (χ1n) is 7.88. The molecule has 0 aliphatic heterocycles. The second-order valence-corrected chi connectivity index (χ2v) is 5.78. The van der Waals surface area contributed by atoms with Gasteiger partial charge in [-0.15, -0.1) is 0 Å². The van der Waals surface area contributed by atoms with Gasteiger partial charge in [0, 0.05) is 18.4 Å². The molecule has 0 aliphatic carbocycles. The Morgan fingerprint density at radius 1 is 0.960 bits per heavy atom. The number of Topliss-reactive ketones (excluding diaryl/α,β-unsaturated/α-hetero) is 1. The van der Waals surface area contributed by atoms with E-state index in [0.29, 0.717) is 11.1 Å². The molecule has 0 aliphatic rings. The number of benzene rings is 2. The highest BCUT2D eigenvalue weighted by Gasteiger charge is 2.19. The molecular formula is C19H19F2NO3. The number of aliphatic hydroxyl groups is 1. The van der Waals surface area contributed by atoms with E-state index in [2.05, 4.69) is 5.32 Å². The van der Waals surface area contributed by atoms with Crippen LogP contribution < -0.4 is 5.32 Å². The van der Waals surface area contributed by atoms with Crippen LogP contribution in [0, 0.1) is 11.6 Å².